The lowest BCUT2D eigenvalue weighted by atomic mass is 10.0. The Morgan fingerprint density at radius 2 is 1.57 bits per heavy atom. The molecule has 0 heterocycles. The highest BCUT2D eigenvalue weighted by Crippen LogP contribution is 2.29. The first-order chi connectivity index (χ1) is 13.4. The number of halogens is 2. The lowest BCUT2D eigenvalue weighted by Gasteiger charge is -2.15. The average molecular weight is 385 g/mol. The van der Waals surface area contributed by atoms with Crippen molar-refractivity contribution in [2.24, 2.45) is 0 Å². The number of esters is 1. The van der Waals surface area contributed by atoms with Crippen LogP contribution in [0.1, 0.15) is 17.3 Å². The fourth-order valence-electron chi connectivity index (χ4n) is 2.75. The van der Waals surface area contributed by atoms with Crippen LogP contribution in [-0.2, 0) is 9.53 Å². The van der Waals surface area contributed by atoms with Gasteiger partial charge in [-0.15, -0.1) is 0 Å². The summed E-state index contributed by atoms with van der Waals surface area (Å²) in [6.45, 7) is 1.32. The SMILES string of the molecule is COc1ccc(C(=O)O[C@H](C)C(=O)Nc2c(F)cccc2F)c2ccccc12. The zero-order chi connectivity index (χ0) is 20.3. The van der Waals surface area contributed by atoms with Crippen molar-refractivity contribution in [3.05, 3.63) is 71.8 Å². The predicted octanol–water partition coefficient (Wildman–Crippen LogP) is 4.31. The fraction of sp³-hybridized carbons (Fsp3) is 0.143. The summed E-state index contributed by atoms with van der Waals surface area (Å²) < 4.78 is 37.8. The van der Waals surface area contributed by atoms with E-state index in [2.05, 4.69) is 5.32 Å². The number of para-hydroxylation sites is 1. The Bertz CT molecular complexity index is 1030. The van der Waals surface area contributed by atoms with Gasteiger partial charge in [-0.1, -0.05) is 30.3 Å². The van der Waals surface area contributed by atoms with Gasteiger partial charge in [0.2, 0.25) is 0 Å². The Labute approximate surface area is 159 Å². The molecular formula is C21H17F2NO4. The van der Waals surface area contributed by atoms with Gasteiger partial charge in [-0.05, 0) is 36.6 Å². The van der Waals surface area contributed by atoms with E-state index in [1.807, 2.05) is 0 Å². The van der Waals surface area contributed by atoms with Crippen molar-refractivity contribution in [2.45, 2.75) is 13.0 Å². The van der Waals surface area contributed by atoms with E-state index in [1.54, 1.807) is 30.3 Å². The first-order valence-corrected chi connectivity index (χ1v) is 8.44. The monoisotopic (exact) mass is 385 g/mol. The van der Waals surface area contributed by atoms with Crippen LogP contribution < -0.4 is 10.1 Å². The van der Waals surface area contributed by atoms with Gasteiger partial charge in [-0.2, -0.15) is 0 Å². The molecule has 3 aromatic carbocycles. The standard InChI is InChI=1S/C21H17F2NO4/c1-12(20(25)24-19-16(22)8-5-9-17(19)23)28-21(26)15-10-11-18(27-2)14-7-4-3-6-13(14)15/h3-12H,1-2H3,(H,24,25)/t12-/m1/s1. The maximum Gasteiger partial charge on any atom is 0.339 e. The molecule has 0 aromatic heterocycles. The van der Waals surface area contributed by atoms with E-state index in [1.165, 1.54) is 26.2 Å². The van der Waals surface area contributed by atoms with Gasteiger partial charge in [-0.25, -0.2) is 13.6 Å². The molecule has 0 aliphatic heterocycles. The molecule has 28 heavy (non-hydrogen) atoms. The van der Waals surface area contributed by atoms with Crippen LogP contribution in [0.3, 0.4) is 0 Å². The van der Waals surface area contributed by atoms with Crippen molar-refractivity contribution < 1.29 is 27.8 Å². The average Bonchev–Trinajstić information content (AvgIpc) is 2.69. The molecule has 0 radical (unpaired) electrons. The number of carbonyl (C=O) groups is 2. The number of hydrogen-bond acceptors (Lipinski definition) is 4. The summed E-state index contributed by atoms with van der Waals surface area (Å²) >= 11 is 0. The number of methoxy groups -OCH3 is 1. The lowest BCUT2D eigenvalue weighted by Crippen LogP contribution is -2.30. The van der Waals surface area contributed by atoms with Gasteiger partial charge < -0.3 is 14.8 Å². The second-order valence-corrected chi connectivity index (χ2v) is 5.99. The molecule has 0 aliphatic carbocycles. The van der Waals surface area contributed by atoms with E-state index < -0.39 is 35.3 Å². The summed E-state index contributed by atoms with van der Waals surface area (Å²) in [6.07, 6.45) is -1.27. The highest BCUT2D eigenvalue weighted by molar-refractivity contribution is 6.07. The molecule has 0 fully saturated rings. The van der Waals surface area contributed by atoms with Crippen LogP contribution >= 0.6 is 0 Å². The van der Waals surface area contributed by atoms with E-state index in [9.17, 15) is 18.4 Å². The molecule has 0 saturated carbocycles. The van der Waals surface area contributed by atoms with Crippen LogP contribution in [0.5, 0.6) is 5.75 Å². The van der Waals surface area contributed by atoms with Gasteiger partial charge in [0.25, 0.3) is 5.91 Å². The highest BCUT2D eigenvalue weighted by atomic mass is 19.1. The van der Waals surface area contributed by atoms with Crippen molar-refractivity contribution >= 4 is 28.3 Å². The molecule has 3 rings (SSSR count). The van der Waals surface area contributed by atoms with Crippen molar-refractivity contribution in [1.29, 1.82) is 0 Å². The molecule has 7 heteroatoms. The number of benzene rings is 3. The van der Waals surface area contributed by atoms with Gasteiger partial charge in [0, 0.05) is 5.39 Å². The molecule has 3 aromatic rings. The summed E-state index contributed by atoms with van der Waals surface area (Å²) in [5.41, 5.74) is -0.349. The first-order valence-electron chi connectivity index (χ1n) is 8.44. The van der Waals surface area contributed by atoms with Gasteiger partial charge >= 0.3 is 5.97 Å². The third kappa shape index (κ3) is 3.78. The van der Waals surface area contributed by atoms with E-state index in [-0.39, 0.29) is 5.56 Å². The minimum absolute atomic E-state index is 0.244. The van der Waals surface area contributed by atoms with Crippen LogP contribution in [0.15, 0.2) is 54.6 Å². The summed E-state index contributed by atoms with van der Waals surface area (Å²) in [7, 11) is 1.52. The molecule has 1 N–H and O–H groups in total. The second-order valence-electron chi connectivity index (χ2n) is 5.99. The third-order valence-corrected chi connectivity index (χ3v) is 4.19. The van der Waals surface area contributed by atoms with Gasteiger partial charge in [0.15, 0.2) is 6.10 Å². The molecule has 0 bridgehead atoms. The molecule has 0 unspecified atom stereocenters. The number of hydrogen-bond donors (Lipinski definition) is 1. The zero-order valence-corrected chi connectivity index (χ0v) is 15.2. The maximum atomic E-state index is 13.7. The summed E-state index contributed by atoms with van der Waals surface area (Å²) in [5.74, 6) is -2.85. The summed E-state index contributed by atoms with van der Waals surface area (Å²) in [5, 5.41) is 3.41. The van der Waals surface area contributed by atoms with E-state index >= 15 is 0 Å². The second kappa shape index (κ2) is 8.04. The minimum Gasteiger partial charge on any atom is -0.496 e. The molecule has 0 aliphatic rings. The Balaban J connectivity index is 1.79. The molecule has 5 nitrogen and oxygen atoms in total. The highest BCUT2D eigenvalue weighted by Gasteiger charge is 2.23. The smallest absolute Gasteiger partial charge is 0.339 e. The normalized spacial score (nSPS) is 11.7. The van der Waals surface area contributed by atoms with Crippen LogP contribution in [0.2, 0.25) is 0 Å². The summed E-state index contributed by atoms with van der Waals surface area (Å²) in [6, 6.07) is 13.4. The van der Waals surface area contributed by atoms with Crippen molar-refractivity contribution in [1.82, 2.24) is 0 Å². The van der Waals surface area contributed by atoms with Crippen molar-refractivity contribution in [2.75, 3.05) is 12.4 Å². The number of carbonyl (C=O) groups excluding carboxylic acids is 2. The summed E-state index contributed by atoms with van der Waals surface area (Å²) in [4.78, 5) is 24.8. The topological polar surface area (TPSA) is 64.6 Å². The van der Waals surface area contributed by atoms with Crippen molar-refractivity contribution in [3.63, 3.8) is 0 Å². The zero-order valence-electron chi connectivity index (χ0n) is 15.2. The number of ether oxygens (including phenoxy) is 2. The molecule has 1 atom stereocenters. The Hall–Kier alpha value is -3.48. The maximum absolute atomic E-state index is 13.7. The number of anilines is 1. The van der Waals surface area contributed by atoms with Crippen molar-refractivity contribution in [3.8, 4) is 5.75 Å². The van der Waals surface area contributed by atoms with Gasteiger partial charge in [-0.3, -0.25) is 4.79 Å². The van der Waals surface area contributed by atoms with E-state index in [0.29, 0.717) is 16.5 Å². The Morgan fingerprint density at radius 1 is 0.929 bits per heavy atom. The molecule has 144 valence electrons. The predicted molar refractivity (Wildman–Crippen MR) is 100 cm³/mol. The van der Waals surface area contributed by atoms with E-state index in [4.69, 9.17) is 9.47 Å². The quantitative estimate of drug-likeness (QED) is 0.665. The van der Waals surface area contributed by atoms with Gasteiger partial charge in [0.05, 0.1) is 12.7 Å². The van der Waals surface area contributed by atoms with E-state index in [0.717, 1.165) is 12.1 Å². The first kappa shape index (κ1) is 19.3. The number of amides is 1. The molecule has 0 spiro atoms. The van der Waals surface area contributed by atoms with Crippen LogP contribution in [0.25, 0.3) is 10.8 Å². The van der Waals surface area contributed by atoms with Crippen LogP contribution in [0.4, 0.5) is 14.5 Å². The fourth-order valence-corrected chi connectivity index (χ4v) is 2.75. The Morgan fingerprint density at radius 3 is 2.21 bits per heavy atom. The molecule has 0 saturated heterocycles. The molecular weight excluding hydrogens is 368 g/mol. The van der Waals surface area contributed by atoms with Crippen LogP contribution in [-0.4, -0.2) is 25.1 Å². The van der Waals surface area contributed by atoms with Crippen LogP contribution in [0, 0.1) is 11.6 Å². The largest absolute Gasteiger partial charge is 0.496 e. The van der Waals surface area contributed by atoms with Gasteiger partial charge in [0.1, 0.15) is 23.1 Å². The third-order valence-electron chi connectivity index (χ3n) is 4.19. The number of nitrogens with one attached hydrogen (secondary N) is 1. The Kier molecular flexibility index (Phi) is 5.54. The minimum atomic E-state index is -1.27. The number of fused-ring (bicyclic) bond motifs is 1. The molecule has 1 amide bonds. The lowest BCUT2D eigenvalue weighted by molar-refractivity contribution is -0.123. The number of rotatable bonds is 5.